The molecule has 0 aliphatic carbocycles. The van der Waals surface area contributed by atoms with Crippen molar-refractivity contribution < 1.29 is 40.8 Å². The molecule has 1 aliphatic heterocycles. The zero-order valence-electron chi connectivity index (χ0n) is 20.1. The van der Waals surface area contributed by atoms with Crippen LogP contribution in [0.5, 0.6) is 5.75 Å². The molecule has 1 saturated heterocycles. The largest absolute Gasteiger partial charge is 0.743 e. The van der Waals surface area contributed by atoms with E-state index >= 15 is 0 Å². The number of benzene rings is 3. The Morgan fingerprint density at radius 2 is 1.43 bits per heavy atom. The molecule has 11 heteroatoms. The van der Waals surface area contributed by atoms with Crippen molar-refractivity contribution in [2.45, 2.75) is 52.1 Å². The first-order valence-corrected chi connectivity index (χ1v) is 13.7. The highest BCUT2D eigenvalue weighted by Crippen LogP contribution is 2.40. The van der Waals surface area contributed by atoms with Crippen molar-refractivity contribution in [2.24, 2.45) is 0 Å². The first-order chi connectivity index (χ1) is 17.2. The van der Waals surface area contributed by atoms with E-state index in [0.29, 0.717) is 6.61 Å². The van der Waals surface area contributed by atoms with Crippen LogP contribution in [0.4, 0.5) is 8.78 Å². The first-order valence-electron chi connectivity index (χ1n) is 11.1. The molecule has 0 saturated carbocycles. The molecule has 37 heavy (non-hydrogen) atoms. The second kappa shape index (κ2) is 9.80. The van der Waals surface area contributed by atoms with Crippen LogP contribution in [0, 0.1) is 0 Å². The molecule has 7 nitrogen and oxygen atoms in total. The number of hydrogen-bond donors (Lipinski definition) is 0. The molecule has 2 atom stereocenters. The summed E-state index contributed by atoms with van der Waals surface area (Å²) in [7, 11) is -6.83. The van der Waals surface area contributed by atoms with Gasteiger partial charge in [0, 0.05) is 5.56 Å². The van der Waals surface area contributed by atoms with Crippen LogP contribution in [0.25, 0.3) is 0 Å². The molecule has 4 rings (SSSR count). The normalized spacial score (nSPS) is 20.4. The van der Waals surface area contributed by atoms with Gasteiger partial charge in [0.1, 0.15) is 5.75 Å². The fourth-order valence-electron chi connectivity index (χ4n) is 3.81. The van der Waals surface area contributed by atoms with Crippen molar-refractivity contribution in [1.82, 2.24) is 0 Å². The topological polar surface area (TPSA) is 102 Å². The van der Waals surface area contributed by atoms with Gasteiger partial charge in [0.25, 0.3) is 0 Å². The summed E-state index contributed by atoms with van der Waals surface area (Å²) in [5.74, 6) is -3.66. The minimum absolute atomic E-state index is 0.324. The van der Waals surface area contributed by atoms with Crippen molar-refractivity contribution in [1.29, 1.82) is 0 Å². The van der Waals surface area contributed by atoms with Gasteiger partial charge < -0.3 is 18.8 Å². The Balaban J connectivity index is 1.63. The van der Waals surface area contributed by atoms with E-state index in [1.165, 1.54) is 12.1 Å². The molecule has 0 radical (unpaired) electrons. The SMILES string of the molecule is CC1(C)COC(C)(c2ccc([S+](c3ccccc3)c3ccc(OC(=O)C(F)(F)S(=O)(=O)[O-])cc3)cc2)O1. The third-order valence-electron chi connectivity index (χ3n) is 5.58. The Hall–Kier alpha value is -2.83. The molecule has 0 spiro atoms. The lowest BCUT2D eigenvalue weighted by atomic mass is 10.1. The Labute approximate surface area is 216 Å². The third-order valence-corrected chi connectivity index (χ3v) is 8.61. The van der Waals surface area contributed by atoms with Gasteiger partial charge >= 0.3 is 11.2 Å². The number of esters is 1. The molecule has 0 aromatic heterocycles. The van der Waals surface area contributed by atoms with Crippen molar-refractivity contribution >= 4 is 27.0 Å². The number of halogens is 2. The summed E-state index contributed by atoms with van der Waals surface area (Å²) in [5.41, 5.74) is 0.448. The average molecular weight is 551 g/mol. The quantitative estimate of drug-likeness (QED) is 0.180. The highest BCUT2D eigenvalue weighted by Gasteiger charge is 2.49. The summed E-state index contributed by atoms with van der Waals surface area (Å²) in [6.45, 7) is 6.25. The summed E-state index contributed by atoms with van der Waals surface area (Å²) in [5, 5.41) is -5.19. The fourth-order valence-corrected chi connectivity index (χ4v) is 6.12. The number of ether oxygens (including phenoxy) is 3. The standard InChI is InChI=1S/C26H24F2O7S2/c1-24(2)17-33-25(3,35-24)18-9-13-21(14-10-18)36(20-7-5-4-6-8-20)22-15-11-19(12-16-22)34-23(29)26(27,28)37(30,31)32/h4-16H,17H2,1-3H3. The van der Waals surface area contributed by atoms with Gasteiger partial charge in [-0.3, -0.25) is 0 Å². The summed E-state index contributed by atoms with van der Waals surface area (Å²) in [6.07, 6.45) is 0. The second-order valence-corrected chi connectivity index (χ2v) is 12.5. The molecule has 3 aromatic rings. The highest BCUT2D eigenvalue weighted by molar-refractivity contribution is 7.97. The molecular weight excluding hydrogens is 526 g/mol. The molecule has 0 bridgehead atoms. The van der Waals surface area contributed by atoms with Crippen LogP contribution in [0.15, 0.2) is 93.5 Å². The molecular formula is C26H24F2O7S2. The van der Waals surface area contributed by atoms with E-state index in [1.54, 1.807) is 12.1 Å². The van der Waals surface area contributed by atoms with Crippen LogP contribution in [-0.4, -0.2) is 36.4 Å². The van der Waals surface area contributed by atoms with Gasteiger partial charge in [-0.1, -0.05) is 18.2 Å². The van der Waals surface area contributed by atoms with E-state index in [1.807, 2.05) is 75.4 Å². The summed E-state index contributed by atoms with van der Waals surface area (Å²) in [6, 6.07) is 23.1. The highest BCUT2D eigenvalue weighted by atomic mass is 32.2. The molecule has 1 heterocycles. The fraction of sp³-hybridized carbons (Fsp3) is 0.269. The lowest BCUT2D eigenvalue weighted by Crippen LogP contribution is -2.40. The molecule has 1 aliphatic rings. The first kappa shape index (κ1) is 27.2. The summed E-state index contributed by atoms with van der Waals surface area (Å²) < 4.78 is 75.5. The van der Waals surface area contributed by atoms with Gasteiger partial charge in [0.05, 0.1) is 23.1 Å². The third kappa shape index (κ3) is 5.70. The lowest BCUT2D eigenvalue weighted by molar-refractivity contribution is -0.176. The minimum Gasteiger partial charge on any atom is -0.743 e. The Bertz CT molecular complexity index is 1380. The number of alkyl halides is 2. The van der Waals surface area contributed by atoms with Crippen molar-refractivity contribution in [3.05, 3.63) is 84.4 Å². The van der Waals surface area contributed by atoms with Crippen molar-refractivity contribution in [3.63, 3.8) is 0 Å². The monoisotopic (exact) mass is 550 g/mol. The molecule has 1 fully saturated rings. The molecule has 3 aromatic carbocycles. The Morgan fingerprint density at radius 1 is 0.919 bits per heavy atom. The van der Waals surface area contributed by atoms with E-state index in [4.69, 9.17) is 9.47 Å². The predicted octanol–water partition coefficient (Wildman–Crippen LogP) is 4.82. The predicted molar refractivity (Wildman–Crippen MR) is 130 cm³/mol. The molecule has 0 N–H and O–H groups in total. The van der Waals surface area contributed by atoms with Crippen LogP contribution < -0.4 is 4.74 Å². The van der Waals surface area contributed by atoms with Crippen LogP contribution in [0.2, 0.25) is 0 Å². The van der Waals surface area contributed by atoms with E-state index in [-0.39, 0.29) is 5.75 Å². The van der Waals surface area contributed by atoms with Gasteiger partial charge in [0.15, 0.2) is 30.6 Å². The van der Waals surface area contributed by atoms with Crippen molar-refractivity contribution in [2.75, 3.05) is 6.61 Å². The zero-order chi connectivity index (χ0) is 27.1. The Morgan fingerprint density at radius 3 is 1.92 bits per heavy atom. The van der Waals surface area contributed by atoms with Gasteiger partial charge in [-0.05, 0) is 81.4 Å². The zero-order valence-corrected chi connectivity index (χ0v) is 21.8. The smallest absolute Gasteiger partial charge is 0.429 e. The Kier molecular flexibility index (Phi) is 7.21. The van der Waals surface area contributed by atoms with Gasteiger partial charge in [-0.15, -0.1) is 0 Å². The number of carbonyl (C=O) groups excluding carboxylic acids is 1. The maximum Gasteiger partial charge on any atom is 0.429 e. The van der Waals surface area contributed by atoms with E-state index in [0.717, 1.165) is 20.2 Å². The van der Waals surface area contributed by atoms with Crippen LogP contribution >= 0.6 is 0 Å². The number of hydrogen-bond acceptors (Lipinski definition) is 7. The van der Waals surface area contributed by atoms with E-state index < -0.39 is 43.6 Å². The maximum absolute atomic E-state index is 13.5. The number of rotatable bonds is 7. The lowest BCUT2D eigenvalue weighted by Gasteiger charge is -2.26. The maximum atomic E-state index is 13.5. The van der Waals surface area contributed by atoms with Gasteiger partial charge in [0.2, 0.25) is 0 Å². The van der Waals surface area contributed by atoms with Gasteiger partial charge in [-0.2, -0.15) is 8.78 Å². The van der Waals surface area contributed by atoms with Crippen LogP contribution in [0.1, 0.15) is 26.3 Å². The molecule has 2 unspecified atom stereocenters. The molecule has 0 amide bonds. The van der Waals surface area contributed by atoms with E-state index in [9.17, 15) is 26.5 Å². The summed E-state index contributed by atoms with van der Waals surface area (Å²) in [4.78, 5) is 14.3. The van der Waals surface area contributed by atoms with Crippen molar-refractivity contribution in [3.8, 4) is 5.75 Å². The minimum atomic E-state index is -6.21. The van der Waals surface area contributed by atoms with E-state index in [2.05, 4.69) is 4.74 Å². The molecule has 196 valence electrons. The second-order valence-electron chi connectivity index (χ2n) is 9.07. The van der Waals surface area contributed by atoms with Crippen LogP contribution in [-0.2, 0) is 41.1 Å². The van der Waals surface area contributed by atoms with Gasteiger partial charge in [-0.25, -0.2) is 13.2 Å². The van der Waals surface area contributed by atoms with Crippen LogP contribution in [0.3, 0.4) is 0 Å². The average Bonchev–Trinajstić information content (AvgIpc) is 3.14. The number of carbonyl (C=O) groups is 1. The summed E-state index contributed by atoms with van der Waals surface area (Å²) >= 11 is 0.